The van der Waals surface area contributed by atoms with Crippen LogP contribution in [-0.2, 0) is 0 Å². The van der Waals surface area contributed by atoms with Gasteiger partial charge in [-0.05, 0) is 13.0 Å². The van der Waals surface area contributed by atoms with E-state index >= 15 is 0 Å². The van der Waals surface area contributed by atoms with Crippen LogP contribution in [0.5, 0.6) is 0 Å². The molecule has 1 N–H and O–H groups in total. The molecule has 0 saturated heterocycles. The first-order valence-corrected chi connectivity index (χ1v) is 6.87. The minimum atomic E-state index is -3.90. The van der Waals surface area contributed by atoms with Crippen molar-refractivity contribution in [1.29, 1.82) is 0 Å². The molecule has 18 heavy (non-hydrogen) atoms. The Labute approximate surface area is 107 Å². The van der Waals surface area contributed by atoms with Gasteiger partial charge in [0.15, 0.2) is 0 Å². The molecule has 0 heterocycles. The standard InChI is InChI=1S/C13H25F4N/c1-2-3-4-5-6-7-8-9-10-18-11-13(16,17)12(14)15/h12,18H,2-11H2,1H3. The van der Waals surface area contributed by atoms with Gasteiger partial charge in [-0.1, -0.05) is 51.9 Å². The van der Waals surface area contributed by atoms with E-state index in [2.05, 4.69) is 12.2 Å². The largest absolute Gasteiger partial charge is 0.319 e. The maximum atomic E-state index is 12.5. The van der Waals surface area contributed by atoms with Crippen LogP contribution in [0.2, 0.25) is 0 Å². The predicted octanol–water partition coefficient (Wildman–Crippen LogP) is 4.62. The Morgan fingerprint density at radius 3 is 1.89 bits per heavy atom. The van der Waals surface area contributed by atoms with Crippen molar-refractivity contribution in [2.45, 2.75) is 70.6 Å². The highest BCUT2D eigenvalue weighted by Gasteiger charge is 2.39. The first-order valence-electron chi connectivity index (χ1n) is 6.87. The van der Waals surface area contributed by atoms with Crippen molar-refractivity contribution in [2.24, 2.45) is 0 Å². The van der Waals surface area contributed by atoms with E-state index in [-0.39, 0.29) is 0 Å². The third kappa shape index (κ3) is 9.68. The number of rotatable bonds is 12. The van der Waals surface area contributed by atoms with Gasteiger partial charge in [0.25, 0.3) is 0 Å². The molecule has 0 aliphatic rings. The Morgan fingerprint density at radius 1 is 0.889 bits per heavy atom. The van der Waals surface area contributed by atoms with Crippen LogP contribution in [0.25, 0.3) is 0 Å². The molecule has 0 unspecified atom stereocenters. The maximum Gasteiger partial charge on any atom is 0.319 e. The highest BCUT2D eigenvalue weighted by molar-refractivity contribution is 4.71. The monoisotopic (exact) mass is 271 g/mol. The summed E-state index contributed by atoms with van der Waals surface area (Å²) < 4.78 is 48.6. The summed E-state index contributed by atoms with van der Waals surface area (Å²) in [5.41, 5.74) is 0. The van der Waals surface area contributed by atoms with Crippen LogP contribution in [0.3, 0.4) is 0 Å². The number of hydrogen-bond acceptors (Lipinski definition) is 1. The molecule has 0 aromatic rings. The fourth-order valence-corrected chi connectivity index (χ4v) is 1.72. The minimum Gasteiger partial charge on any atom is -0.311 e. The third-order valence-electron chi connectivity index (χ3n) is 2.89. The first kappa shape index (κ1) is 17.7. The van der Waals surface area contributed by atoms with Gasteiger partial charge in [0, 0.05) is 0 Å². The summed E-state index contributed by atoms with van der Waals surface area (Å²) in [5, 5.41) is 2.39. The van der Waals surface area contributed by atoms with Gasteiger partial charge in [-0.3, -0.25) is 0 Å². The van der Waals surface area contributed by atoms with E-state index in [0.29, 0.717) is 6.54 Å². The third-order valence-corrected chi connectivity index (χ3v) is 2.89. The summed E-state index contributed by atoms with van der Waals surface area (Å²) in [6.45, 7) is 1.62. The lowest BCUT2D eigenvalue weighted by Gasteiger charge is -2.15. The molecule has 0 saturated carbocycles. The molecule has 0 amide bonds. The van der Waals surface area contributed by atoms with Crippen LogP contribution < -0.4 is 5.32 Å². The molecule has 0 aliphatic heterocycles. The molecule has 0 aromatic carbocycles. The Kier molecular flexibility index (Phi) is 10.4. The molecule has 110 valence electrons. The van der Waals surface area contributed by atoms with Gasteiger partial charge < -0.3 is 5.32 Å². The van der Waals surface area contributed by atoms with E-state index < -0.39 is 18.9 Å². The molecule has 0 aliphatic carbocycles. The summed E-state index contributed by atoms with van der Waals surface area (Å²) in [4.78, 5) is 0. The van der Waals surface area contributed by atoms with E-state index in [9.17, 15) is 17.6 Å². The topological polar surface area (TPSA) is 12.0 Å². The zero-order valence-electron chi connectivity index (χ0n) is 11.2. The lowest BCUT2D eigenvalue weighted by Crippen LogP contribution is -2.39. The minimum absolute atomic E-state index is 0.386. The van der Waals surface area contributed by atoms with Crippen LogP contribution in [0, 0.1) is 0 Å². The van der Waals surface area contributed by atoms with E-state index in [1.54, 1.807) is 0 Å². The van der Waals surface area contributed by atoms with Crippen molar-refractivity contribution in [3.63, 3.8) is 0 Å². The Morgan fingerprint density at radius 2 is 1.39 bits per heavy atom. The highest BCUT2D eigenvalue weighted by Crippen LogP contribution is 2.21. The van der Waals surface area contributed by atoms with Crippen LogP contribution in [-0.4, -0.2) is 25.4 Å². The van der Waals surface area contributed by atoms with Gasteiger partial charge >= 0.3 is 12.3 Å². The van der Waals surface area contributed by atoms with Crippen molar-refractivity contribution in [2.75, 3.05) is 13.1 Å². The second-order valence-electron chi connectivity index (χ2n) is 4.71. The van der Waals surface area contributed by atoms with Crippen molar-refractivity contribution >= 4 is 0 Å². The summed E-state index contributed by atoms with van der Waals surface area (Å²) >= 11 is 0. The highest BCUT2D eigenvalue weighted by atomic mass is 19.3. The zero-order valence-corrected chi connectivity index (χ0v) is 11.2. The lowest BCUT2D eigenvalue weighted by molar-refractivity contribution is -0.125. The Balaban J connectivity index is 3.21. The lowest BCUT2D eigenvalue weighted by atomic mass is 10.1. The summed E-state index contributed by atoms with van der Waals surface area (Å²) in [6.07, 6.45) is 5.41. The molecular weight excluding hydrogens is 246 g/mol. The molecule has 0 radical (unpaired) electrons. The second-order valence-corrected chi connectivity index (χ2v) is 4.71. The number of hydrogen-bond donors (Lipinski definition) is 1. The molecule has 0 aromatic heterocycles. The number of halogens is 4. The summed E-state index contributed by atoms with van der Waals surface area (Å²) in [6, 6.07) is 0. The normalized spacial score (nSPS) is 12.3. The van der Waals surface area contributed by atoms with Crippen LogP contribution in [0.15, 0.2) is 0 Å². The Hall–Kier alpha value is -0.320. The maximum absolute atomic E-state index is 12.5. The van der Waals surface area contributed by atoms with E-state index in [0.717, 1.165) is 19.3 Å². The Bertz CT molecular complexity index is 186. The summed E-state index contributed by atoms with van der Waals surface area (Å²) in [5.74, 6) is -3.90. The fraction of sp³-hybridized carbons (Fsp3) is 1.00. The van der Waals surface area contributed by atoms with Gasteiger partial charge in [-0.25, -0.2) is 8.78 Å². The van der Waals surface area contributed by atoms with E-state index in [4.69, 9.17) is 0 Å². The number of nitrogens with one attached hydrogen (secondary N) is 1. The van der Waals surface area contributed by atoms with Crippen molar-refractivity contribution in [1.82, 2.24) is 5.32 Å². The number of alkyl halides is 4. The van der Waals surface area contributed by atoms with Gasteiger partial charge in [0.05, 0.1) is 6.54 Å². The molecule has 0 atom stereocenters. The van der Waals surface area contributed by atoms with Crippen LogP contribution in [0.1, 0.15) is 58.3 Å². The molecule has 5 heteroatoms. The zero-order chi connectivity index (χ0) is 13.9. The predicted molar refractivity (Wildman–Crippen MR) is 66.4 cm³/mol. The van der Waals surface area contributed by atoms with Crippen molar-refractivity contribution in [3.8, 4) is 0 Å². The van der Waals surface area contributed by atoms with Gasteiger partial charge in [0.2, 0.25) is 0 Å². The van der Waals surface area contributed by atoms with E-state index in [1.165, 1.54) is 32.1 Å². The number of unbranched alkanes of at least 4 members (excludes halogenated alkanes) is 7. The summed E-state index contributed by atoms with van der Waals surface area (Å²) in [7, 11) is 0. The van der Waals surface area contributed by atoms with Gasteiger partial charge in [0.1, 0.15) is 0 Å². The molecule has 1 nitrogen and oxygen atoms in total. The van der Waals surface area contributed by atoms with Crippen LogP contribution in [0.4, 0.5) is 17.6 Å². The molecule has 0 spiro atoms. The molecule has 0 fully saturated rings. The molecule has 0 rings (SSSR count). The van der Waals surface area contributed by atoms with Gasteiger partial charge in [-0.15, -0.1) is 0 Å². The van der Waals surface area contributed by atoms with E-state index in [1.807, 2.05) is 0 Å². The first-order chi connectivity index (χ1) is 8.50. The van der Waals surface area contributed by atoms with Crippen LogP contribution >= 0.6 is 0 Å². The smallest absolute Gasteiger partial charge is 0.311 e. The average Bonchev–Trinajstić information content (AvgIpc) is 2.31. The molecular formula is C13H25F4N. The molecule has 0 bridgehead atoms. The van der Waals surface area contributed by atoms with Gasteiger partial charge in [-0.2, -0.15) is 8.78 Å². The van der Waals surface area contributed by atoms with Crippen molar-refractivity contribution in [3.05, 3.63) is 0 Å². The second kappa shape index (κ2) is 10.6. The average molecular weight is 271 g/mol. The quantitative estimate of drug-likeness (QED) is 0.403. The van der Waals surface area contributed by atoms with Crippen molar-refractivity contribution < 1.29 is 17.6 Å². The SMILES string of the molecule is CCCCCCCCCCNCC(F)(F)C(F)F. The fourth-order valence-electron chi connectivity index (χ4n) is 1.72.